The maximum atomic E-state index is 11.4. The molecule has 0 unspecified atom stereocenters. The summed E-state index contributed by atoms with van der Waals surface area (Å²) in [7, 11) is 1.14. The van der Waals surface area contributed by atoms with E-state index < -0.39 is 17.7 Å². The second-order valence-corrected chi connectivity index (χ2v) is 3.40. The maximum Gasteiger partial charge on any atom is 0.377 e. The second-order valence-electron chi connectivity index (χ2n) is 3.40. The van der Waals surface area contributed by atoms with Gasteiger partial charge in [0.05, 0.1) is 7.11 Å². The first-order chi connectivity index (χ1) is 8.65. The summed E-state index contributed by atoms with van der Waals surface area (Å²) < 4.78 is 9.20. The van der Waals surface area contributed by atoms with E-state index >= 15 is 0 Å². The highest BCUT2D eigenvalue weighted by Gasteiger charge is 2.28. The average Bonchev–Trinajstić information content (AvgIpc) is 2.83. The molecule has 0 aliphatic carbocycles. The number of methoxy groups -OCH3 is 1. The zero-order chi connectivity index (χ0) is 13.1. The Labute approximate surface area is 102 Å². The summed E-state index contributed by atoms with van der Waals surface area (Å²) in [4.78, 5) is 22.6. The highest BCUT2D eigenvalue weighted by Crippen LogP contribution is 2.25. The molecule has 0 aliphatic rings. The lowest BCUT2D eigenvalue weighted by Crippen LogP contribution is -2.08. The van der Waals surface area contributed by atoms with Gasteiger partial charge >= 0.3 is 11.9 Å². The van der Waals surface area contributed by atoms with Gasteiger partial charge in [-0.15, -0.1) is 0 Å². The first-order valence-corrected chi connectivity index (χ1v) is 5.02. The SMILES string of the molecule is COC(=O)c1onc(-c2ccccc2)c1C(=O)O. The third-order valence-electron chi connectivity index (χ3n) is 2.32. The third kappa shape index (κ3) is 1.95. The molecule has 1 aromatic carbocycles. The van der Waals surface area contributed by atoms with Gasteiger partial charge in [0.2, 0.25) is 0 Å². The Morgan fingerprint density at radius 3 is 2.50 bits per heavy atom. The van der Waals surface area contributed by atoms with Crippen molar-refractivity contribution in [3.63, 3.8) is 0 Å². The molecule has 0 bridgehead atoms. The Kier molecular flexibility index (Phi) is 3.09. The van der Waals surface area contributed by atoms with Crippen LogP contribution in [0.5, 0.6) is 0 Å². The van der Waals surface area contributed by atoms with Crippen molar-refractivity contribution in [1.82, 2.24) is 5.16 Å². The van der Waals surface area contributed by atoms with E-state index in [-0.39, 0.29) is 11.3 Å². The third-order valence-corrected chi connectivity index (χ3v) is 2.32. The lowest BCUT2D eigenvalue weighted by molar-refractivity contribution is 0.0538. The summed E-state index contributed by atoms with van der Waals surface area (Å²) in [5.41, 5.74) is 0.352. The molecule has 2 rings (SSSR count). The molecule has 6 heteroatoms. The number of carbonyl (C=O) groups is 2. The van der Waals surface area contributed by atoms with Crippen molar-refractivity contribution in [2.75, 3.05) is 7.11 Å². The van der Waals surface area contributed by atoms with Gasteiger partial charge in [0.15, 0.2) is 0 Å². The maximum absolute atomic E-state index is 11.4. The number of esters is 1. The van der Waals surface area contributed by atoms with E-state index in [2.05, 4.69) is 9.89 Å². The van der Waals surface area contributed by atoms with Gasteiger partial charge in [-0.05, 0) is 0 Å². The fraction of sp³-hybridized carbons (Fsp3) is 0.0833. The average molecular weight is 247 g/mol. The molecule has 0 fully saturated rings. The molecular formula is C12H9NO5. The number of rotatable bonds is 3. The van der Waals surface area contributed by atoms with Gasteiger partial charge in [-0.2, -0.15) is 0 Å². The Morgan fingerprint density at radius 1 is 1.28 bits per heavy atom. The van der Waals surface area contributed by atoms with E-state index in [1.54, 1.807) is 30.3 Å². The molecule has 0 radical (unpaired) electrons. The van der Waals surface area contributed by atoms with Crippen LogP contribution in [-0.2, 0) is 4.74 Å². The van der Waals surface area contributed by atoms with Crippen LogP contribution >= 0.6 is 0 Å². The normalized spacial score (nSPS) is 10.1. The number of carboxylic acid groups (broad SMARTS) is 1. The molecule has 0 saturated heterocycles. The predicted octanol–water partition coefficient (Wildman–Crippen LogP) is 1.83. The summed E-state index contributed by atoms with van der Waals surface area (Å²) in [6.07, 6.45) is 0. The van der Waals surface area contributed by atoms with Gasteiger partial charge in [-0.25, -0.2) is 9.59 Å². The summed E-state index contributed by atoms with van der Waals surface area (Å²) in [5, 5.41) is 12.8. The van der Waals surface area contributed by atoms with E-state index in [0.717, 1.165) is 7.11 Å². The van der Waals surface area contributed by atoms with E-state index in [4.69, 9.17) is 9.63 Å². The van der Waals surface area contributed by atoms with Crippen molar-refractivity contribution in [1.29, 1.82) is 0 Å². The van der Waals surface area contributed by atoms with E-state index in [1.807, 2.05) is 0 Å². The quantitative estimate of drug-likeness (QED) is 0.832. The minimum atomic E-state index is -1.30. The molecule has 0 atom stereocenters. The Bertz CT molecular complexity index is 588. The van der Waals surface area contributed by atoms with Crippen LogP contribution in [0.4, 0.5) is 0 Å². The second kappa shape index (κ2) is 4.70. The van der Waals surface area contributed by atoms with Gasteiger partial charge in [0, 0.05) is 5.56 Å². The highest BCUT2D eigenvalue weighted by molar-refractivity contribution is 6.04. The molecule has 0 saturated carbocycles. The molecular weight excluding hydrogens is 238 g/mol. The Morgan fingerprint density at radius 2 is 1.94 bits per heavy atom. The molecule has 1 heterocycles. The van der Waals surface area contributed by atoms with Gasteiger partial charge in [-0.3, -0.25) is 0 Å². The van der Waals surface area contributed by atoms with E-state index in [0.29, 0.717) is 5.56 Å². The van der Waals surface area contributed by atoms with Crippen LogP contribution in [0.25, 0.3) is 11.3 Å². The van der Waals surface area contributed by atoms with Crippen LogP contribution in [0.3, 0.4) is 0 Å². The number of aromatic nitrogens is 1. The van der Waals surface area contributed by atoms with Crippen LogP contribution in [0, 0.1) is 0 Å². The predicted molar refractivity (Wildman–Crippen MR) is 60.2 cm³/mol. The minimum Gasteiger partial charge on any atom is -0.477 e. The van der Waals surface area contributed by atoms with Crippen molar-refractivity contribution < 1.29 is 24.0 Å². The van der Waals surface area contributed by atoms with Crippen molar-refractivity contribution >= 4 is 11.9 Å². The van der Waals surface area contributed by atoms with Crippen LogP contribution in [0.1, 0.15) is 20.9 Å². The van der Waals surface area contributed by atoms with Crippen LogP contribution < -0.4 is 0 Å². The van der Waals surface area contributed by atoms with Gasteiger partial charge in [0.25, 0.3) is 5.76 Å². The summed E-state index contributed by atoms with van der Waals surface area (Å²) in [6.45, 7) is 0. The zero-order valence-corrected chi connectivity index (χ0v) is 9.41. The van der Waals surface area contributed by atoms with Crippen molar-refractivity contribution in [2.45, 2.75) is 0 Å². The monoisotopic (exact) mass is 247 g/mol. The zero-order valence-electron chi connectivity index (χ0n) is 9.41. The van der Waals surface area contributed by atoms with Gasteiger partial charge < -0.3 is 14.4 Å². The number of ether oxygens (including phenoxy) is 1. The van der Waals surface area contributed by atoms with Crippen LogP contribution in [-0.4, -0.2) is 29.3 Å². The summed E-state index contributed by atoms with van der Waals surface area (Å²) in [6, 6.07) is 8.59. The number of nitrogens with zero attached hydrogens (tertiary/aromatic N) is 1. The van der Waals surface area contributed by atoms with Crippen molar-refractivity contribution in [2.24, 2.45) is 0 Å². The molecule has 1 aromatic heterocycles. The number of hydrogen-bond acceptors (Lipinski definition) is 5. The lowest BCUT2D eigenvalue weighted by atomic mass is 10.1. The number of hydrogen-bond donors (Lipinski definition) is 1. The fourth-order valence-electron chi connectivity index (χ4n) is 1.51. The Balaban J connectivity index is 2.60. The fourth-order valence-corrected chi connectivity index (χ4v) is 1.51. The molecule has 1 N–H and O–H groups in total. The van der Waals surface area contributed by atoms with Crippen molar-refractivity contribution in [3.8, 4) is 11.3 Å². The molecule has 6 nitrogen and oxygen atoms in total. The molecule has 0 amide bonds. The van der Waals surface area contributed by atoms with E-state index in [1.165, 1.54) is 0 Å². The first-order valence-electron chi connectivity index (χ1n) is 5.02. The van der Waals surface area contributed by atoms with Crippen molar-refractivity contribution in [3.05, 3.63) is 41.7 Å². The topological polar surface area (TPSA) is 89.6 Å². The number of aromatic carboxylic acids is 1. The summed E-state index contributed by atoms with van der Waals surface area (Å²) in [5.74, 6) is -2.58. The van der Waals surface area contributed by atoms with Gasteiger partial charge in [-0.1, -0.05) is 35.5 Å². The molecule has 2 aromatic rings. The minimum absolute atomic E-state index is 0.100. The van der Waals surface area contributed by atoms with Crippen LogP contribution in [0.2, 0.25) is 0 Å². The molecule has 0 spiro atoms. The lowest BCUT2D eigenvalue weighted by Gasteiger charge is -1.98. The van der Waals surface area contributed by atoms with Crippen LogP contribution in [0.15, 0.2) is 34.9 Å². The first kappa shape index (κ1) is 11.8. The smallest absolute Gasteiger partial charge is 0.377 e. The molecule has 0 aliphatic heterocycles. The largest absolute Gasteiger partial charge is 0.477 e. The molecule has 92 valence electrons. The number of benzene rings is 1. The molecule has 18 heavy (non-hydrogen) atoms. The summed E-state index contributed by atoms with van der Waals surface area (Å²) >= 11 is 0. The standard InChI is InChI=1S/C12H9NO5/c1-17-12(16)10-8(11(14)15)9(13-18-10)7-5-3-2-4-6-7/h2-6H,1H3,(H,14,15). The van der Waals surface area contributed by atoms with E-state index in [9.17, 15) is 9.59 Å². The Hall–Kier alpha value is -2.63. The number of carbonyl (C=O) groups excluding carboxylic acids is 1. The van der Waals surface area contributed by atoms with Gasteiger partial charge in [0.1, 0.15) is 11.3 Å². The number of carboxylic acids is 1. The highest BCUT2D eigenvalue weighted by atomic mass is 16.5.